The summed E-state index contributed by atoms with van der Waals surface area (Å²) in [6.45, 7) is 8.21. The molecule has 0 fully saturated rings. The van der Waals surface area contributed by atoms with Crippen LogP contribution in [0.5, 0.6) is 23.0 Å². The molecular weight excluding hydrogens is 356 g/mol. The monoisotopic (exact) mass is 382 g/mol. The second-order valence-electron chi connectivity index (χ2n) is 6.38. The van der Waals surface area contributed by atoms with Gasteiger partial charge in [0.2, 0.25) is 0 Å². The standard InChI is InChI=1S/C23H26O5/c1-7-27-22-11-17(16(4)10-20(22)25-5)8-9-18-12-21(26-6)23(28-15(2)3)13-19(18)14-24/h10-15H,7H2,1-6H3. The molecule has 0 saturated heterocycles. The number of aldehydes is 1. The zero-order chi connectivity index (χ0) is 20.7. The van der Waals surface area contributed by atoms with Gasteiger partial charge in [-0.05, 0) is 51.5 Å². The van der Waals surface area contributed by atoms with E-state index in [0.717, 1.165) is 17.4 Å². The third-order valence-corrected chi connectivity index (χ3v) is 3.97. The van der Waals surface area contributed by atoms with Crippen molar-refractivity contribution < 1.29 is 23.7 Å². The minimum atomic E-state index is -0.0377. The maximum atomic E-state index is 11.6. The Balaban J connectivity index is 2.50. The number of rotatable bonds is 7. The van der Waals surface area contributed by atoms with Crippen molar-refractivity contribution in [3.8, 4) is 34.8 Å². The van der Waals surface area contributed by atoms with Gasteiger partial charge in [0.05, 0.1) is 26.9 Å². The summed E-state index contributed by atoms with van der Waals surface area (Å²) in [6, 6.07) is 7.10. The Labute approximate surface area is 166 Å². The predicted molar refractivity (Wildman–Crippen MR) is 109 cm³/mol. The molecule has 2 rings (SSSR count). The molecule has 0 saturated carbocycles. The fourth-order valence-electron chi connectivity index (χ4n) is 2.65. The number of hydrogen-bond acceptors (Lipinski definition) is 5. The molecule has 0 aliphatic carbocycles. The van der Waals surface area contributed by atoms with Crippen molar-refractivity contribution in [1.82, 2.24) is 0 Å². The van der Waals surface area contributed by atoms with Crippen LogP contribution in [0, 0.1) is 18.8 Å². The van der Waals surface area contributed by atoms with Gasteiger partial charge in [-0.2, -0.15) is 0 Å². The first-order valence-electron chi connectivity index (χ1n) is 9.10. The lowest BCUT2D eigenvalue weighted by Crippen LogP contribution is -2.07. The Kier molecular flexibility index (Phi) is 7.34. The molecule has 5 nitrogen and oxygen atoms in total. The topological polar surface area (TPSA) is 54.0 Å². The Hall–Kier alpha value is -3.13. The summed E-state index contributed by atoms with van der Waals surface area (Å²) in [4.78, 5) is 11.6. The third-order valence-electron chi connectivity index (χ3n) is 3.97. The SMILES string of the molecule is CCOc1cc(C#Cc2cc(OC)c(OC(C)C)cc2C=O)c(C)cc1OC. The van der Waals surface area contributed by atoms with Gasteiger partial charge in [0.1, 0.15) is 0 Å². The number of carbonyl (C=O) groups is 1. The van der Waals surface area contributed by atoms with E-state index in [9.17, 15) is 4.79 Å². The van der Waals surface area contributed by atoms with Crippen molar-refractivity contribution in [2.45, 2.75) is 33.8 Å². The van der Waals surface area contributed by atoms with Gasteiger partial charge in [0, 0.05) is 22.8 Å². The van der Waals surface area contributed by atoms with E-state index in [1.165, 1.54) is 0 Å². The largest absolute Gasteiger partial charge is 0.493 e. The highest BCUT2D eigenvalue weighted by molar-refractivity contribution is 5.81. The van der Waals surface area contributed by atoms with Gasteiger partial charge in [-0.3, -0.25) is 4.79 Å². The van der Waals surface area contributed by atoms with Gasteiger partial charge in [-0.15, -0.1) is 0 Å². The van der Waals surface area contributed by atoms with Crippen LogP contribution < -0.4 is 18.9 Å². The Morgan fingerprint density at radius 3 is 2.11 bits per heavy atom. The average molecular weight is 382 g/mol. The summed E-state index contributed by atoms with van der Waals surface area (Å²) in [5.74, 6) is 8.54. The molecule has 28 heavy (non-hydrogen) atoms. The van der Waals surface area contributed by atoms with Gasteiger partial charge in [0.25, 0.3) is 0 Å². The fourth-order valence-corrected chi connectivity index (χ4v) is 2.65. The van der Waals surface area contributed by atoms with E-state index in [2.05, 4.69) is 11.8 Å². The quantitative estimate of drug-likeness (QED) is 0.524. The molecule has 0 N–H and O–H groups in total. The molecule has 0 heterocycles. The number of aryl methyl sites for hydroxylation is 1. The summed E-state index contributed by atoms with van der Waals surface area (Å²) in [6.07, 6.45) is 0.729. The van der Waals surface area contributed by atoms with E-state index in [1.807, 2.05) is 39.8 Å². The molecule has 0 spiro atoms. The smallest absolute Gasteiger partial charge is 0.162 e. The molecule has 5 heteroatoms. The normalized spacial score (nSPS) is 10.1. The lowest BCUT2D eigenvalue weighted by Gasteiger charge is -2.14. The molecule has 2 aromatic carbocycles. The fraction of sp³-hybridized carbons (Fsp3) is 0.348. The highest BCUT2D eigenvalue weighted by Gasteiger charge is 2.12. The van der Waals surface area contributed by atoms with Gasteiger partial charge in [0.15, 0.2) is 29.3 Å². The number of methoxy groups -OCH3 is 2. The molecule has 2 aromatic rings. The molecule has 148 valence electrons. The predicted octanol–water partition coefficient (Wildman–Crippen LogP) is 4.41. The molecule has 0 amide bonds. The molecule has 0 bridgehead atoms. The molecule has 0 aliphatic rings. The molecule has 0 aromatic heterocycles. The van der Waals surface area contributed by atoms with Gasteiger partial charge in [-0.1, -0.05) is 11.8 Å². The lowest BCUT2D eigenvalue weighted by atomic mass is 10.0. The first kappa shape index (κ1) is 21.2. The van der Waals surface area contributed by atoms with Crippen LogP contribution in [0.4, 0.5) is 0 Å². The molecule has 0 radical (unpaired) electrons. The average Bonchev–Trinajstić information content (AvgIpc) is 2.67. The Morgan fingerprint density at radius 1 is 0.929 bits per heavy atom. The first-order chi connectivity index (χ1) is 13.4. The second kappa shape index (κ2) is 9.70. The Morgan fingerprint density at radius 2 is 1.54 bits per heavy atom. The van der Waals surface area contributed by atoms with Crippen LogP contribution in [0.2, 0.25) is 0 Å². The van der Waals surface area contributed by atoms with E-state index in [-0.39, 0.29) is 6.10 Å². The van der Waals surface area contributed by atoms with E-state index in [4.69, 9.17) is 18.9 Å². The van der Waals surface area contributed by atoms with Crippen molar-refractivity contribution in [3.05, 3.63) is 46.5 Å². The number of hydrogen-bond donors (Lipinski definition) is 0. The summed E-state index contributed by atoms with van der Waals surface area (Å²) in [5.41, 5.74) is 2.76. The molecule has 0 atom stereocenters. The zero-order valence-electron chi connectivity index (χ0n) is 17.2. The number of carbonyl (C=O) groups excluding carboxylic acids is 1. The van der Waals surface area contributed by atoms with Crippen LogP contribution in [0.3, 0.4) is 0 Å². The summed E-state index contributed by atoms with van der Waals surface area (Å²) < 4.78 is 22.1. The van der Waals surface area contributed by atoms with Crippen molar-refractivity contribution in [1.29, 1.82) is 0 Å². The molecular formula is C23H26O5. The van der Waals surface area contributed by atoms with E-state index < -0.39 is 0 Å². The maximum Gasteiger partial charge on any atom is 0.162 e. The minimum absolute atomic E-state index is 0.0377. The third kappa shape index (κ3) is 4.98. The van der Waals surface area contributed by atoms with Crippen LogP contribution in [0.1, 0.15) is 47.8 Å². The lowest BCUT2D eigenvalue weighted by molar-refractivity contribution is 0.112. The van der Waals surface area contributed by atoms with Crippen LogP contribution in [0.15, 0.2) is 24.3 Å². The van der Waals surface area contributed by atoms with Crippen LogP contribution in [-0.2, 0) is 0 Å². The van der Waals surface area contributed by atoms with E-state index in [0.29, 0.717) is 40.7 Å². The minimum Gasteiger partial charge on any atom is -0.493 e. The van der Waals surface area contributed by atoms with Crippen LogP contribution >= 0.6 is 0 Å². The highest BCUT2D eigenvalue weighted by atomic mass is 16.5. The second-order valence-corrected chi connectivity index (χ2v) is 6.38. The van der Waals surface area contributed by atoms with Crippen molar-refractivity contribution in [2.24, 2.45) is 0 Å². The van der Waals surface area contributed by atoms with Crippen LogP contribution in [-0.4, -0.2) is 33.2 Å². The maximum absolute atomic E-state index is 11.6. The molecule has 0 aliphatic heterocycles. The van der Waals surface area contributed by atoms with Crippen LogP contribution in [0.25, 0.3) is 0 Å². The summed E-state index contributed by atoms with van der Waals surface area (Å²) in [7, 11) is 3.16. The van der Waals surface area contributed by atoms with Crippen molar-refractivity contribution in [2.75, 3.05) is 20.8 Å². The first-order valence-corrected chi connectivity index (χ1v) is 9.10. The van der Waals surface area contributed by atoms with Gasteiger partial charge < -0.3 is 18.9 Å². The van der Waals surface area contributed by atoms with Crippen molar-refractivity contribution in [3.63, 3.8) is 0 Å². The number of benzene rings is 2. The van der Waals surface area contributed by atoms with E-state index >= 15 is 0 Å². The van der Waals surface area contributed by atoms with Gasteiger partial charge >= 0.3 is 0 Å². The Bertz CT molecular complexity index is 903. The van der Waals surface area contributed by atoms with Gasteiger partial charge in [-0.25, -0.2) is 0 Å². The summed E-state index contributed by atoms with van der Waals surface area (Å²) >= 11 is 0. The van der Waals surface area contributed by atoms with Crippen molar-refractivity contribution >= 4 is 6.29 Å². The molecule has 0 unspecified atom stereocenters. The summed E-state index contributed by atoms with van der Waals surface area (Å²) in [5, 5.41) is 0. The highest BCUT2D eigenvalue weighted by Crippen LogP contribution is 2.32. The zero-order valence-corrected chi connectivity index (χ0v) is 17.2. The number of ether oxygens (including phenoxy) is 4. The van der Waals surface area contributed by atoms with E-state index in [1.54, 1.807) is 26.4 Å².